The van der Waals surface area contributed by atoms with Crippen LogP contribution in [0.5, 0.6) is 0 Å². The summed E-state index contributed by atoms with van der Waals surface area (Å²) in [6.07, 6.45) is 3.41. The number of aromatic nitrogens is 2. The zero-order valence-corrected chi connectivity index (χ0v) is 17.1. The lowest BCUT2D eigenvalue weighted by Gasteiger charge is -2.28. The molecule has 6 nitrogen and oxygen atoms in total. The van der Waals surface area contributed by atoms with E-state index in [1.807, 2.05) is 7.11 Å². The molecule has 1 unspecified atom stereocenters. The van der Waals surface area contributed by atoms with E-state index in [1.54, 1.807) is 0 Å². The number of ether oxygens (including phenoxy) is 2. The van der Waals surface area contributed by atoms with Crippen LogP contribution in [0.25, 0.3) is 11.0 Å². The van der Waals surface area contributed by atoms with Crippen molar-refractivity contribution in [3.8, 4) is 0 Å². The van der Waals surface area contributed by atoms with E-state index in [4.69, 9.17) is 14.5 Å². The van der Waals surface area contributed by atoms with Crippen LogP contribution in [-0.2, 0) is 29.4 Å². The average molecular weight is 393 g/mol. The van der Waals surface area contributed by atoms with Gasteiger partial charge in [0, 0.05) is 56.1 Å². The summed E-state index contributed by atoms with van der Waals surface area (Å²) in [6, 6.07) is 12.8. The van der Waals surface area contributed by atoms with Gasteiger partial charge in [0.25, 0.3) is 0 Å². The van der Waals surface area contributed by atoms with Crippen molar-refractivity contribution in [2.45, 2.75) is 25.4 Å². The van der Waals surface area contributed by atoms with Crippen molar-refractivity contribution < 1.29 is 9.47 Å². The fourth-order valence-corrected chi connectivity index (χ4v) is 4.59. The summed E-state index contributed by atoms with van der Waals surface area (Å²) in [4.78, 5) is 7.28. The number of fused-ring (bicyclic) bond motifs is 3. The molecule has 6 heteroatoms. The molecule has 2 aromatic heterocycles. The summed E-state index contributed by atoms with van der Waals surface area (Å²) in [7, 11) is 3.94. The van der Waals surface area contributed by atoms with Gasteiger partial charge >= 0.3 is 0 Å². The number of aryl methyl sites for hydroxylation is 1. The molecule has 0 radical (unpaired) electrons. The van der Waals surface area contributed by atoms with Gasteiger partial charge in [-0.2, -0.15) is 0 Å². The minimum atomic E-state index is 0.316. The summed E-state index contributed by atoms with van der Waals surface area (Å²) >= 11 is 0. The number of hydrogen-bond acceptors (Lipinski definition) is 5. The highest BCUT2D eigenvalue weighted by Gasteiger charge is 2.25. The van der Waals surface area contributed by atoms with E-state index < -0.39 is 0 Å². The molecule has 3 heterocycles. The van der Waals surface area contributed by atoms with E-state index >= 15 is 0 Å². The highest BCUT2D eigenvalue weighted by atomic mass is 16.5. The lowest BCUT2D eigenvalue weighted by molar-refractivity contribution is 0.0908. The quantitative estimate of drug-likeness (QED) is 0.734. The van der Waals surface area contributed by atoms with Crippen LogP contribution < -0.4 is 10.2 Å². The molecule has 2 aliphatic rings. The normalized spacial score (nSPS) is 19.4. The van der Waals surface area contributed by atoms with E-state index in [9.17, 15) is 0 Å². The summed E-state index contributed by atoms with van der Waals surface area (Å²) in [6.45, 7) is 3.51. The summed E-state index contributed by atoms with van der Waals surface area (Å²) < 4.78 is 13.3. The number of pyridine rings is 1. The molecule has 29 heavy (non-hydrogen) atoms. The standard InChI is InChI=1S/C23H28N4O2/c1-26-21-9-7-18(28-2)15-20(21)19-8-10-22(25-23(19)26)24-16-3-5-17(6-4-16)27-11-13-29-14-12-27/h3-6,8,10,18H,7,9,11-15H2,1-2H3,(H,24,25). The van der Waals surface area contributed by atoms with E-state index in [2.05, 4.69) is 58.2 Å². The molecule has 1 aliphatic carbocycles. The Bertz CT molecular complexity index is 1010. The SMILES string of the molecule is COC1CCc2c(c3ccc(Nc4ccc(N5CCOCC5)cc4)nc3n2C)C1. The Morgan fingerprint density at radius 3 is 2.66 bits per heavy atom. The number of benzene rings is 1. The predicted molar refractivity (Wildman–Crippen MR) is 116 cm³/mol. The number of anilines is 3. The van der Waals surface area contributed by atoms with E-state index in [0.29, 0.717) is 6.10 Å². The Hall–Kier alpha value is -2.57. The van der Waals surface area contributed by atoms with Crippen LogP contribution in [0.15, 0.2) is 36.4 Å². The van der Waals surface area contributed by atoms with Gasteiger partial charge in [-0.3, -0.25) is 0 Å². The first-order valence-electron chi connectivity index (χ1n) is 10.4. The summed E-state index contributed by atoms with van der Waals surface area (Å²) in [5.41, 5.74) is 6.13. The number of rotatable bonds is 4. The monoisotopic (exact) mass is 392 g/mol. The van der Waals surface area contributed by atoms with Gasteiger partial charge in [0.1, 0.15) is 11.5 Å². The van der Waals surface area contributed by atoms with Gasteiger partial charge in [0.15, 0.2) is 0 Å². The molecule has 5 rings (SSSR count). The van der Waals surface area contributed by atoms with E-state index in [-0.39, 0.29) is 0 Å². The molecule has 1 aliphatic heterocycles. The van der Waals surface area contributed by atoms with E-state index in [0.717, 1.165) is 62.7 Å². The molecule has 1 aromatic carbocycles. The Morgan fingerprint density at radius 1 is 1.10 bits per heavy atom. The highest BCUT2D eigenvalue weighted by molar-refractivity contribution is 5.84. The van der Waals surface area contributed by atoms with Crippen molar-refractivity contribution in [2.75, 3.05) is 43.6 Å². The van der Waals surface area contributed by atoms with Gasteiger partial charge in [0.05, 0.1) is 19.3 Å². The molecule has 0 bridgehead atoms. The summed E-state index contributed by atoms with van der Waals surface area (Å²) in [5, 5.41) is 4.71. The van der Waals surface area contributed by atoms with Gasteiger partial charge in [-0.25, -0.2) is 4.98 Å². The molecular formula is C23H28N4O2. The van der Waals surface area contributed by atoms with Crippen LogP contribution in [0.1, 0.15) is 17.7 Å². The number of nitrogens with one attached hydrogen (secondary N) is 1. The van der Waals surface area contributed by atoms with Gasteiger partial charge < -0.3 is 24.3 Å². The Labute approximate surface area is 171 Å². The Morgan fingerprint density at radius 2 is 1.90 bits per heavy atom. The Kier molecular flexibility index (Phi) is 4.89. The van der Waals surface area contributed by atoms with Crippen LogP contribution in [0.4, 0.5) is 17.2 Å². The second-order valence-corrected chi connectivity index (χ2v) is 7.92. The van der Waals surface area contributed by atoms with E-state index in [1.165, 1.54) is 22.3 Å². The molecule has 152 valence electrons. The summed E-state index contributed by atoms with van der Waals surface area (Å²) in [5.74, 6) is 0.873. The van der Waals surface area contributed by atoms with Crippen LogP contribution in [-0.4, -0.2) is 49.1 Å². The van der Waals surface area contributed by atoms with Crippen LogP contribution >= 0.6 is 0 Å². The van der Waals surface area contributed by atoms with Crippen molar-refractivity contribution in [1.29, 1.82) is 0 Å². The maximum atomic E-state index is 5.61. The first-order valence-corrected chi connectivity index (χ1v) is 10.4. The van der Waals surface area contributed by atoms with Crippen LogP contribution in [0.2, 0.25) is 0 Å². The van der Waals surface area contributed by atoms with Gasteiger partial charge in [-0.05, 0) is 54.8 Å². The number of morpholine rings is 1. The Balaban J connectivity index is 1.38. The average Bonchev–Trinajstić information content (AvgIpc) is 3.06. The molecular weight excluding hydrogens is 364 g/mol. The van der Waals surface area contributed by atoms with Crippen molar-refractivity contribution in [1.82, 2.24) is 9.55 Å². The van der Waals surface area contributed by atoms with Gasteiger partial charge in [-0.1, -0.05) is 0 Å². The first kappa shape index (κ1) is 18.5. The number of methoxy groups -OCH3 is 1. The minimum Gasteiger partial charge on any atom is -0.381 e. The lowest BCUT2D eigenvalue weighted by Crippen LogP contribution is -2.36. The fraction of sp³-hybridized carbons (Fsp3) is 0.435. The topological polar surface area (TPSA) is 51.6 Å². The maximum Gasteiger partial charge on any atom is 0.142 e. The van der Waals surface area contributed by atoms with Crippen molar-refractivity contribution in [3.63, 3.8) is 0 Å². The van der Waals surface area contributed by atoms with Crippen molar-refractivity contribution >= 4 is 28.2 Å². The largest absolute Gasteiger partial charge is 0.381 e. The predicted octanol–water partition coefficient (Wildman–Crippen LogP) is 3.66. The molecule has 0 saturated carbocycles. The maximum absolute atomic E-state index is 5.61. The third-order valence-electron chi connectivity index (χ3n) is 6.26. The smallest absolute Gasteiger partial charge is 0.142 e. The zero-order valence-electron chi connectivity index (χ0n) is 17.1. The zero-order chi connectivity index (χ0) is 19.8. The fourth-order valence-electron chi connectivity index (χ4n) is 4.59. The third kappa shape index (κ3) is 3.47. The molecule has 1 saturated heterocycles. The first-order chi connectivity index (χ1) is 14.2. The second-order valence-electron chi connectivity index (χ2n) is 7.92. The highest BCUT2D eigenvalue weighted by Crippen LogP contribution is 2.32. The third-order valence-corrected chi connectivity index (χ3v) is 6.26. The number of nitrogens with zero attached hydrogens (tertiary/aromatic N) is 3. The van der Waals surface area contributed by atoms with Crippen LogP contribution in [0, 0.1) is 0 Å². The van der Waals surface area contributed by atoms with Crippen molar-refractivity contribution in [2.24, 2.45) is 7.05 Å². The van der Waals surface area contributed by atoms with Gasteiger partial charge in [-0.15, -0.1) is 0 Å². The minimum absolute atomic E-state index is 0.316. The second kappa shape index (κ2) is 7.69. The molecule has 1 atom stereocenters. The molecule has 0 amide bonds. The van der Waals surface area contributed by atoms with Gasteiger partial charge in [0.2, 0.25) is 0 Å². The molecule has 1 fully saturated rings. The lowest BCUT2D eigenvalue weighted by atomic mass is 9.93. The number of hydrogen-bond donors (Lipinski definition) is 1. The van der Waals surface area contributed by atoms with Crippen molar-refractivity contribution in [3.05, 3.63) is 47.7 Å². The van der Waals surface area contributed by atoms with Crippen LogP contribution in [0.3, 0.4) is 0 Å². The molecule has 3 aromatic rings. The molecule has 0 spiro atoms. The molecule has 1 N–H and O–H groups in total.